The summed E-state index contributed by atoms with van der Waals surface area (Å²) >= 11 is 0. The van der Waals surface area contributed by atoms with Crippen LogP contribution in [0.2, 0.25) is 0 Å². The molecule has 2 atom stereocenters. The maximum absolute atomic E-state index is 13.1. The fourth-order valence-corrected chi connectivity index (χ4v) is 2.48. The number of aliphatic hydroxyl groups is 1. The molecule has 0 saturated carbocycles. The third-order valence-corrected chi connectivity index (χ3v) is 3.68. The highest BCUT2D eigenvalue weighted by molar-refractivity contribution is 5.20. The highest BCUT2D eigenvalue weighted by atomic mass is 19.2. The van der Waals surface area contributed by atoms with Crippen molar-refractivity contribution < 1.29 is 13.9 Å². The van der Waals surface area contributed by atoms with Gasteiger partial charge in [-0.3, -0.25) is 4.90 Å². The van der Waals surface area contributed by atoms with Gasteiger partial charge in [-0.15, -0.1) is 0 Å². The zero-order chi connectivity index (χ0) is 13.1. The van der Waals surface area contributed by atoms with Crippen molar-refractivity contribution in [3.63, 3.8) is 0 Å². The fourth-order valence-electron chi connectivity index (χ4n) is 2.48. The molecule has 18 heavy (non-hydrogen) atoms. The number of rotatable bonds is 3. The Morgan fingerprint density at radius 1 is 1.33 bits per heavy atom. The summed E-state index contributed by atoms with van der Waals surface area (Å²) in [4.78, 5) is 2.20. The molecule has 2 unspecified atom stereocenters. The fraction of sp³-hybridized carbons (Fsp3) is 0.571. The Balaban J connectivity index is 2.02. The summed E-state index contributed by atoms with van der Waals surface area (Å²) in [6.45, 7) is 3.57. The number of piperidine rings is 1. The number of aliphatic hydroxyl groups excluding tert-OH is 1. The maximum atomic E-state index is 13.1. The Morgan fingerprint density at radius 3 is 2.78 bits per heavy atom. The number of likely N-dealkylation sites (tertiary alicyclic amines) is 1. The molecular weight excluding hydrogens is 236 g/mol. The van der Waals surface area contributed by atoms with E-state index in [0.29, 0.717) is 18.2 Å². The molecule has 1 fully saturated rings. The monoisotopic (exact) mass is 255 g/mol. The molecule has 2 rings (SSSR count). The molecule has 1 N–H and O–H groups in total. The van der Waals surface area contributed by atoms with Crippen molar-refractivity contribution in [1.82, 2.24) is 4.90 Å². The minimum absolute atomic E-state index is 0.437. The topological polar surface area (TPSA) is 23.5 Å². The molecule has 0 radical (unpaired) electrons. The lowest BCUT2D eigenvalue weighted by Crippen LogP contribution is -2.40. The van der Waals surface area contributed by atoms with Gasteiger partial charge in [0.05, 0.1) is 6.10 Å². The van der Waals surface area contributed by atoms with Crippen LogP contribution < -0.4 is 0 Å². The van der Waals surface area contributed by atoms with Gasteiger partial charge in [-0.25, -0.2) is 8.78 Å². The van der Waals surface area contributed by atoms with Gasteiger partial charge in [-0.2, -0.15) is 0 Å². The molecule has 100 valence electrons. The minimum atomic E-state index is -0.904. The van der Waals surface area contributed by atoms with Crippen molar-refractivity contribution in [3.05, 3.63) is 35.4 Å². The van der Waals surface area contributed by atoms with Crippen LogP contribution in [0.1, 0.15) is 37.9 Å². The summed E-state index contributed by atoms with van der Waals surface area (Å²) in [5, 5.41) is 10.1. The van der Waals surface area contributed by atoms with Crippen molar-refractivity contribution >= 4 is 0 Å². The van der Waals surface area contributed by atoms with Crippen molar-refractivity contribution in [2.24, 2.45) is 0 Å². The predicted octanol–water partition coefficient (Wildman–Crippen LogP) is 2.87. The van der Waals surface area contributed by atoms with Gasteiger partial charge in [-0.1, -0.05) is 12.5 Å². The quantitative estimate of drug-likeness (QED) is 0.897. The van der Waals surface area contributed by atoms with Crippen LogP contribution in [0.25, 0.3) is 0 Å². The summed E-state index contributed by atoms with van der Waals surface area (Å²) in [6, 6.07) is 4.03. The zero-order valence-electron chi connectivity index (χ0n) is 10.6. The Kier molecular flexibility index (Phi) is 4.30. The number of benzene rings is 1. The Bertz CT molecular complexity index is 411. The van der Waals surface area contributed by atoms with E-state index in [0.717, 1.165) is 31.5 Å². The van der Waals surface area contributed by atoms with Crippen LogP contribution in [0.15, 0.2) is 18.2 Å². The average molecular weight is 255 g/mol. The van der Waals surface area contributed by atoms with Crippen LogP contribution in [0.3, 0.4) is 0 Å². The van der Waals surface area contributed by atoms with Crippen LogP contribution in [-0.2, 0) is 0 Å². The molecule has 1 aliphatic rings. The number of β-amino-alcohol motifs (C(OH)–C–C–N with tert-alkyl or cyclic N) is 1. The van der Waals surface area contributed by atoms with E-state index in [-0.39, 0.29) is 0 Å². The second kappa shape index (κ2) is 5.76. The predicted molar refractivity (Wildman–Crippen MR) is 66.2 cm³/mol. The second-order valence-corrected chi connectivity index (χ2v) is 5.03. The van der Waals surface area contributed by atoms with E-state index in [1.54, 1.807) is 0 Å². The van der Waals surface area contributed by atoms with E-state index in [9.17, 15) is 13.9 Å². The molecule has 2 nitrogen and oxygen atoms in total. The van der Waals surface area contributed by atoms with Gasteiger partial charge in [0.2, 0.25) is 0 Å². The first-order valence-electron chi connectivity index (χ1n) is 6.45. The Morgan fingerprint density at radius 2 is 2.11 bits per heavy atom. The lowest BCUT2D eigenvalue weighted by atomic mass is 10.0. The van der Waals surface area contributed by atoms with Crippen LogP contribution in [0, 0.1) is 11.6 Å². The van der Waals surface area contributed by atoms with Crippen molar-refractivity contribution in [2.75, 3.05) is 13.1 Å². The zero-order valence-corrected chi connectivity index (χ0v) is 10.6. The summed E-state index contributed by atoms with van der Waals surface area (Å²) < 4.78 is 25.9. The number of nitrogens with zero attached hydrogens (tertiary/aromatic N) is 1. The average Bonchev–Trinajstić information content (AvgIpc) is 2.35. The number of halogens is 2. The van der Waals surface area contributed by atoms with E-state index < -0.39 is 17.7 Å². The van der Waals surface area contributed by atoms with Gasteiger partial charge in [0.25, 0.3) is 0 Å². The number of hydrogen-bond acceptors (Lipinski definition) is 2. The van der Waals surface area contributed by atoms with Gasteiger partial charge in [-0.05, 0) is 44.0 Å². The summed E-state index contributed by atoms with van der Waals surface area (Å²) in [7, 11) is 0. The van der Waals surface area contributed by atoms with Gasteiger partial charge in [0, 0.05) is 12.6 Å². The highest BCUT2D eigenvalue weighted by Gasteiger charge is 2.21. The molecule has 1 saturated heterocycles. The van der Waals surface area contributed by atoms with Crippen LogP contribution in [0.5, 0.6) is 0 Å². The SMILES string of the molecule is CC1CCCCN1CC(O)c1ccc(F)c(F)c1. The van der Waals surface area contributed by atoms with E-state index in [2.05, 4.69) is 11.8 Å². The molecular formula is C14H19F2NO. The molecule has 4 heteroatoms. The van der Waals surface area contributed by atoms with Gasteiger partial charge < -0.3 is 5.11 Å². The highest BCUT2D eigenvalue weighted by Crippen LogP contribution is 2.22. The minimum Gasteiger partial charge on any atom is -0.387 e. The molecule has 0 spiro atoms. The van der Waals surface area contributed by atoms with E-state index >= 15 is 0 Å². The summed E-state index contributed by atoms with van der Waals surface area (Å²) in [6.07, 6.45) is 2.72. The molecule has 1 aromatic rings. The molecule has 1 aromatic carbocycles. The largest absolute Gasteiger partial charge is 0.387 e. The first-order valence-corrected chi connectivity index (χ1v) is 6.45. The Hall–Kier alpha value is -1.00. The van der Waals surface area contributed by atoms with Crippen molar-refractivity contribution in [2.45, 2.75) is 38.3 Å². The molecule has 1 aliphatic heterocycles. The third kappa shape index (κ3) is 3.06. The smallest absolute Gasteiger partial charge is 0.159 e. The van der Waals surface area contributed by atoms with Crippen LogP contribution in [-0.4, -0.2) is 29.1 Å². The van der Waals surface area contributed by atoms with Gasteiger partial charge in [0.1, 0.15) is 0 Å². The molecule has 0 aliphatic carbocycles. The van der Waals surface area contributed by atoms with Crippen LogP contribution in [0.4, 0.5) is 8.78 Å². The van der Waals surface area contributed by atoms with Crippen LogP contribution >= 0.6 is 0 Å². The molecule has 0 bridgehead atoms. The van der Waals surface area contributed by atoms with Crippen molar-refractivity contribution in [1.29, 1.82) is 0 Å². The normalized spacial score (nSPS) is 23.0. The first kappa shape index (κ1) is 13.4. The second-order valence-electron chi connectivity index (χ2n) is 5.03. The van der Waals surface area contributed by atoms with E-state index in [1.807, 2.05) is 0 Å². The standard InChI is InChI=1S/C14H19F2NO/c1-10-4-2-3-7-17(10)9-14(18)11-5-6-12(15)13(16)8-11/h5-6,8,10,14,18H,2-4,7,9H2,1H3. The lowest BCUT2D eigenvalue weighted by molar-refractivity contribution is 0.0730. The summed E-state index contributed by atoms with van der Waals surface area (Å²) in [5.41, 5.74) is 0.437. The van der Waals surface area contributed by atoms with Gasteiger partial charge in [0.15, 0.2) is 11.6 Å². The van der Waals surface area contributed by atoms with E-state index in [4.69, 9.17) is 0 Å². The van der Waals surface area contributed by atoms with E-state index in [1.165, 1.54) is 12.5 Å². The third-order valence-electron chi connectivity index (χ3n) is 3.68. The van der Waals surface area contributed by atoms with Gasteiger partial charge >= 0.3 is 0 Å². The Labute approximate surface area is 106 Å². The molecule has 0 amide bonds. The number of hydrogen-bond donors (Lipinski definition) is 1. The van der Waals surface area contributed by atoms with Crippen molar-refractivity contribution in [3.8, 4) is 0 Å². The molecule has 1 heterocycles. The maximum Gasteiger partial charge on any atom is 0.159 e. The molecule has 0 aromatic heterocycles. The lowest BCUT2D eigenvalue weighted by Gasteiger charge is -2.34. The first-order chi connectivity index (χ1) is 8.58. The summed E-state index contributed by atoms with van der Waals surface area (Å²) in [5.74, 6) is -1.78.